The average Bonchev–Trinajstić information content (AvgIpc) is 3.58. The molecule has 2 fully saturated rings. The van der Waals surface area contributed by atoms with Gasteiger partial charge in [0.1, 0.15) is 11.5 Å². The van der Waals surface area contributed by atoms with Crippen molar-refractivity contribution in [2.75, 3.05) is 69.5 Å². The molecule has 5 aliphatic rings. The smallest absolute Gasteiger partial charge is 0.392 e. The monoisotopic (exact) mass is 1120 g/mol. The first-order chi connectivity index (χ1) is 38.5. The van der Waals surface area contributed by atoms with Crippen LogP contribution in [0.5, 0.6) is 0 Å². The van der Waals surface area contributed by atoms with E-state index < -0.39 is 43.2 Å². The Kier molecular flexibility index (Phi) is 14.2. The summed E-state index contributed by atoms with van der Waals surface area (Å²) >= 11 is 0. The molecule has 0 saturated carbocycles. The van der Waals surface area contributed by atoms with Gasteiger partial charge in [-0.05, 0) is 124 Å². The van der Waals surface area contributed by atoms with E-state index in [1.54, 1.807) is 62.5 Å². The zero-order chi connectivity index (χ0) is 57.4. The molecule has 0 bridgehead atoms. The van der Waals surface area contributed by atoms with E-state index in [1.165, 1.54) is 40.2 Å². The second-order valence-corrected chi connectivity index (χ2v) is 24.3. The van der Waals surface area contributed by atoms with Crippen LogP contribution in [0.25, 0.3) is 11.3 Å². The number of benzene rings is 2. The molecule has 23 heteroatoms. The van der Waals surface area contributed by atoms with Crippen LogP contribution in [0.15, 0.2) is 96.7 Å². The zero-order valence-electron chi connectivity index (χ0n) is 46.1. The molecule has 8 heterocycles. The number of aliphatic hydroxyl groups excluding tert-OH is 1. The number of carbonyl (C=O) groups is 4. The van der Waals surface area contributed by atoms with Crippen molar-refractivity contribution in [2.24, 2.45) is 12.5 Å². The predicted molar refractivity (Wildman–Crippen MR) is 308 cm³/mol. The van der Waals surface area contributed by atoms with Gasteiger partial charge >= 0.3 is 7.75 Å². The molecule has 4 aliphatic heterocycles. The normalized spacial score (nSPS) is 18.5. The quantitative estimate of drug-likeness (QED) is 0.0410. The summed E-state index contributed by atoms with van der Waals surface area (Å²) in [6, 6.07) is 17.9. The summed E-state index contributed by atoms with van der Waals surface area (Å²) in [6.45, 7) is 17.6. The Bertz CT molecular complexity index is 3690. The van der Waals surface area contributed by atoms with Crippen LogP contribution in [0, 0.1) is 5.41 Å². The molecule has 2 aromatic carbocycles. The highest BCUT2D eigenvalue weighted by molar-refractivity contribution is 7.49. The molecule has 4 aromatic heterocycles. The van der Waals surface area contributed by atoms with Crippen molar-refractivity contribution in [3.05, 3.63) is 142 Å². The fraction of sp³-hybridized carbons (Fsp3) is 0.379. The summed E-state index contributed by atoms with van der Waals surface area (Å²) in [5.74, 6) is -1.23. The molecule has 2 saturated heterocycles. The summed E-state index contributed by atoms with van der Waals surface area (Å²) in [4.78, 5) is 111. The third-order valence-corrected chi connectivity index (χ3v) is 17.2. The number of amides is 4. The molecule has 11 rings (SSSR count). The molecule has 0 unspecified atom stereocenters. The maximum absolute atomic E-state index is 14.1. The van der Waals surface area contributed by atoms with E-state index in [9.17, 15) is 43.4 Å². The Labute approximate surface area is 468 Å². The van der Waals surface area contributed by atoms with Gasteiger partial charge in [0.2, 0.25) is 5.91 Å². The summed E-state index contributed by atoms with van der Waals surface area (Å²) < 4.78 is 15.3. The van der Waals surface area contributed by atoms with E-state index in [0.717, 1.165) is 68.1 Å². The van der Waals surface area contributed by atoms with Gasteiger partial charge in [-0.2, -0.15) is 0 Å². The minimum atomic E-state index is -4.63. The van der Waals surface area contributed by atoms with Crippen molar-refractivity contribution < 1.29 is 38.6 Å². The number of rotatable bonds is 14. The Hall–Kier alpha value is -7.85. The molecule has 81 heavy (non-hydrogen) atoms. The number of carbonyl (C=O) groups excluding carboxylic acids is 4. The van der Waals surface area contributed by atoms with E-state index >= 15 is 0 Å². The summed E-state index contributed by atoms with van der Waals surface area (Å²) in [5, 5.41) is 19.3. The second-order valence-electron chi connectivity index (χ2n) is 23.0. The molecule has 1 aliphatic carbocycles. The highest BCUT2D eigenvalue weighted by atomic mass is 31.2. The van der Waals surface area contributed by atoms with Crippen molar-refractivity contribution in [3.63, 3.8) is 0 Å². The fourth-order valence-electron chi connectivity index (χ4n) is 12.5. The summed E-state index contributed by atoms with van der Waals surface area (Å²) in [7, 11) is -3.02. The van der Waals surface area contributed by atoms with E-state index in [1.807, 2.05) is 24.3 Å². The third-order valence-electron chi connectivity index (χ3n) is 16.4. The number of piperazine rings is 1. The molecular formula is C58H66N13O9P. The molecule has 22 nitrogen and oxygen atoms in total. The van der Waals surface area contributed by atoms with Gasteiger partial charge in [-0.1, -0.05) is 20.4 Å². The zero-order valence-corrected chi connectivity index (χ0v) is 47.0. The van der Waals surface area contributed by atoms with E-state index in [0.29, 0.717) is 65.4 Å². The Morgan fingerprint density at radius 3 is 2.35 bits per heavy atom. The van der Waals surface area contributed by atoms with Crippen LogP contribution in [0.2, 0.25) is 0 Å². The van der Waals surface area contributed by atoms with E-state index in [2.05, 4.69) is 72.3 Å². The number of nitrogens with zero attached hydrogens (tertiary/aromatic N) is 10. The van der Waals surface area contributed by atoms with Crippen LogP contribution in [-0.2, 0) is 47.9 Å². The lowest BCUT2D eigenvalue weighted by molar-refractivity contribution is -0.111. The lowest BCUT2D eigenvalue weighted by Crippen LogP contribution is -2.57. The van der Waals surface area contributed by atoms with Gasteiger partial charge in [0.15, 0.2) is 5.82 Å². The van der Waals surface area contributed by atoms with Crippen molar-refractivity contribution in [3.8, 4) is 11.3 Å². The van der Waals surface area contributed by atoms with E-state index in [-0.39, 0.29) is 45.7 Å². The van der Waals surface area contributed by atoms with Gasteiger partial charge in [-0.15, -0.1) is 0 Å². The molecule has 422 valence electrons. The number of hydrogen-bond acceptors (Lipinski definition) is 14. The maximum Gasteiger partial charge on any atom is 0.401 e. The third kappa shape index (κ3) is 10.5. The predicted octanol–water partition coefficient (Wildman–Crippen LogP) is 6.08. The molecule has 4 amide bonds. The van der Waals surface area contributed by atoms with E-state index in [4.69, 9.17) is 4.98 Å². The van der Waals surface area contributed by atoms with Gasteiger partial charge in [0.05, 0.1) is 51.7 Å². The first-order valence-corrected chi connectivity index (χ1v) is 28.8. The summed E-state index contributed by atoms with van der Waals surface area (Å²) in [6.07, 6.45) is 9.32. The lowest BCUT2D eigenvalue weighted by atomic mass is 9.90. The van der Waals surface area contributed by atoms with Gasteiger partial charge in [0.25, 0.3) is 23.3 Å². The standard InChI is InChI=1S/C58H66N13O9P/c1-8-50(73)62-44-26-36(61-51-56(77)65(7)32-45(63-51)40-14-18-60-52(43(40)33-72)70-24-23-69-47(55(70)76)25-35-29-57(3,4)30-48(35)69)9-12-46(44)68-22-21-67(31-34(68)2)37-15-19-66(20-16-37)38-10-11-41-42(27-38)54(75)71(53(41)74)39-13-17-59-49(28-39)58(5,6)64-81(78,79)80/h8-14,17-18,25-28,32,34,37,72H,1,15-16,19-24,29-31,33H2,2-7H3,(H,61,63)(H,62,73)(H3,64,78,79,80)/t34-/m0/s1. The Morgan fingerprint density at radius 1 is 0.864 bits per heavy atom. The number of nitrogens with one attached hydrogen (secondary N) is 3. The molecule has 6 aromatic rings. The topological polar surface area (TPSA) is 264 Å². The van der Waals surface area contributed by atoms with Crippen LogP contribution in [-0.4, -0.2) is 119 Å². The second kappa shape index (κ2) is 20.9. The largest absolute Gasteiger partial charge is 0.401 e. The van der Waals surface area contributed by atoms with Crippen molar-refractivity contribution in [1.29, 1.82) is 0 Å². The number of piperidine rings is 1. The number of anilines is 7. The lowest BCUT2D eigenvalue weighted by Gasteiger charge is -2.47. The minimum Gasteiger partial charge on any atom is -0.392 e. The Balaban J connectivity index is 0.755. The number of fused-ring (bicyclic) bond motifs is 4. The maximum atomic E-state index is 14.1. The highest BCUT2D eigenvalue weighted by Crippen LogP contribution is 2.42. The number of aryl methyl sites for hydroxylation is 1. The molecule has 0 spiro atoms. The number of aliphatic hydroxyl groups is 1. The first kappa shape index (κ1) is 55.1. The van der Waals surface area contributed by atoms with Gasteiger partial charge < -0.3 is 44.5 Å². The van der Waals surface area contributed by atoms with Crippen LogP contribution in [0.1, 0.15) is 101 Å². The number of aromatic nitrogens is 5. The first-order valence-electron chi connectivity index (χ1n) is 27.2. The van der Waals surface area contributed by atoms with Gasteiger partial charge in [0, 0.05) is 112 Å². The van der Waals surface area contributed by atoms with Crippen LogP contribution in [0.4, 0.5) is 40.1 Å². The Morgan fingerprint density at radius 2 is 1.62 bits per heavy atom. The molecule has 0 radical (unpaired) electrons. The minimum absolute atomic E-state index is 0.00803. The molecular weight excluding hydrogens is 1050 g/mol. The molecule has 6 N–H and O–H groups in total. The van der Waals surface area contributed by atoms with Gasteiger partial charge in [-0.3, -0.25) is 38.8 Å². The SMILES string of the molecule is C=CC(=O)Nc1cc(Nc2nc(-c3ccnc(N4CCn5c(cc6c5CC(C)(C)C6)C4=O)c3CO)cn(C)c2=O)ccc1N1CCN(C2CCN(c3ccc4c(c3)C(=O)N(c3ccnc(C(C)(C)NP(=O)(O)O)c3)C4=O)CC2)C[C@@H]1C. The fourth-order valence-corrected chi connectivity index (χ4v) is 13.3. The number of pyridine rings is 2. The van der Waals surface area contributed by atoms with Crippen molar-refractivity contribution in [1.82, 2.24) is 34.1 Å². The number of hydrogen-bond donors (Lipinski definition) is 6. The van der Waals surface area contributed by atoms with Gasteiger partial charge in [-0.25, -0.2) is 24.5 Å². The van der Waals surface area contributed by atoms with Crippen LogP contribution >= 0.6 is 7.75 Å². The van der Waals surface area contributed by atoms with Crippen molar-refractivity contribution in [2.45, 2.75) is 91.1 Å². The highest BCUT2D eigenvalue weighted by Gasteiger charge is 2.41. The molecule has 1 atom stereocenters. The number of imide groups is 1. The van der Waals surface area contributed by atoms with Crippen molar-refractivity contribution >= 4 is 71.4 Å². The summed E-state index contributed by atoms with van der Waals surface area (Å²) in [5.41, 5.74) is 6.45. The van der Waals surface area contributed by atoms with Crippen LogP contribution < -0.4 is 40.9 Å². The average molecular weight is 1120 g/mol. The van der Waals surface area contributed by atoms with Crippen LogP contribution in [0.3, 0.4) is 0 Å².